The SMILES string of the molecule is CCCNc1ccc(S(=O)(=O)N2CCC(CC)C2)cc1. The molecule has 0 spiro atoms. The van der Waals surface area contributed by atoms with Crippen molar-refractivity contribution in [3.63, 3.8) is 0 Å². The molecule has 0 aliphatic carbocycles. The van der Waals surface area contributed by atoms with Crippen LogP contribution in [0.15, 0.2) is 29.2 Å². The third kappa shape index (κ3) is 3.33. The normalized spacial score (nSPS) is 20.2. The van der Waals surface area contributed by atoms with Crippen molar-refractivity contribution in [1.29, 1.82) is 0 Å². The first kappa shape index (κ1) is 15.3. The molecule has 1 N–H and O–H groups in total. The van der Waals surface area contributed by atoms with Gasteiger partial charge in [-0.1, -0.05) is 20.3 Å². The standard InChI is InChI=1S/C15H24N2O2S/c1-3-10-16-14-5-7-15(8-6-14)20(18,19)17-11-9-13(4-2)12-17/h5-8,13,16H,3-4,9-12H2,1-2H3. The second-order valence-corrected chi connectivity index (χ2v) is 7.32. The molecular weight excluding hydrogens is 272 g/mol. The van der Waals surface area contributed by atoms with E-state index in [0.717, 1.165) is 31.5 Å². The topological polar surface area (TPSA) is 49.4 Å². The van der Waals surface area contributed by atoms with Gasteiger partial charge in [0.15, 0.2) is 0 Å². The maximum atomic E-state index is 12.5. The van der Waals surface area contributed by atoms with E-state index in [1.165, 1.54) is 0 Å². The third-order valence-electron chi connectivity index (χ3n) is 3.90. The van der Waals surface area contributed by atoms with E-state index in [1.54, 1.807) is 16.4 Å². The van der Waals surface area contributed by atoms with E-state index < -0.39 is 10.0 Å². The molecule has 4 nitrogen and oxygen atoms in total. The van der Waals surface area contributed by atoms with Crippen LogP contribution in [0, 0.1) is 5.92 Å². The lowest BCUT2D eigenvalue weighted by atomic mass is 10.1. The van der Waals surface area contributed by atoms with E-state index in [4.69, 9.17) is 0 Å². The number of nitrogens with zero attached hydrogens (tertiary/aromatic N) is 1. The van der Waals surface area contributed by atoms with Gasteiger partial charge in [0.1, 0.15) is 0 Å². The molecule has 1 fully saturated rings. The quantitative estimate of drug-likeness (QED) is 0.878. The molecule has 1 aromatic rings. The van der Waals surface area contributed by atoms with Crippen LogP contribution in [0.2, 0.25) is 0 Å². The summed E-state index contributed by atoms with van der Waals surface area (Å²) in [7, 11) is -3.31. The lowest BCUT2D eigenvalue weighted by Gasteiger charge is -2.16. The van der Waals surface area contributed by atoms with Crippen LogP contribution >= 0.6 is 0 Å². The first-order valence-corrected chi connectivity index (χ1v) is 8.86. The molecule has 0 radical (unpaired) electrons. The Kier molecular flexibility index (Phi) is 5.05. The summed E-state index contributed by atoms with van der Waals surface area (Å²) in [5.41, 5.74) is 0.971. The van der Waals surface area contributed by atoms with Gasteiger partial charge in [-0.05, 0) is 43.0 Å². The summed E-state index contributed by atoms with van der Waals surface area (Å²) < 4.78 is 26.7. The Labute approximate surface area is 122 Å². The van der Waals surface area contributed by atoms with Crippen LogP contribution in [0.1, 0.15) is 33.1 Å². The Morgan fingerprint density at radius 3 is 2.50 bits per heavy atom. The van der Waals surface area contributed by atoms with Crippen LogP contribution in [0.25, 0.3) is 0 Å². The Balaban J connectivity index is 2.10. The van der Waals surface area contributed by atoms with E-state index in [0.29, 0.717) is 23.9 Å². The molecule has 1 aromatic carbocycles. The van der Waals surface area contributed by atoms with E-state index in [-0.39, 0.29) is 0 Å². The van der Waals surface area contributed by atoms with Crippen LogP contribution in [-0.2, 0) is 10.0 Å². The van der Waals surface area contributed by atoms with Crippen LogP contribution < -0.4 is 5.32 Å². The molecular formula is C15H24N2O2S. The van der Waals surface area contributed by atoms with Gasteiger partial charge in [0.2, 0.25) is 10.0 Å². The molecule has 1 heterocycles. The minimum atomic E-state index is -3.31. The fourth-order valence-corrected chi connectivity index (χ4v) is 4.04. The van der Waals surface area contributed by atoms with Gasteiger partial charge in [0, 0.05) is 25.3 Å². The maximum Gasteiger partial charge on any atom is 0.243 e. The molecule has 1 saturated heterocycles. The second-order valence-electron chi connectivity index (χ2n) is 5.38. The summed E-state index contributed by atoms with van der Waals surface area (Å²) >= 11 is 0. The number of nitrogens with one attached hydrogen (secondary N) is 1. The molecule has 2 rings (SSSR count). The van der Waals surface area contributed by atoms with Gasteiger partial charge in [-0.15, -0.1) is 0 Å². The molecule has 0 saturated carbocycles. The zero-order valence-electron chi connectivity index (χ0n) is 12.3. The first-order valence-electron chi connectivity index (χ1n) is 7.42. The molecule has 20 heavy (non-hydrogen) atoms. The van der Waals surface area contributed by atoms with Crippen LogP contribution in [-0.4, -0.2) is 32.4 Å². The van der Waals surface area contributed by atoms with Gasteiger partial charge in [0.05, 0.1) is 4.90 Å². The summed E-state index contributed by atoms with van der Waals surface area (Å²) in [6, 6.07) is 7.09. The summed E-state index contributed by atoms with van der Waals surface area (Å²) in [4.78, 5) is 0.399. The highest BCUT2D eigenvalue weighted by Gasteiger charge is 2.31. The average Bonchev–Trinajstić information content (AvgIpc) is 2.95. The smallest absolute Gasteiger partial charge is 0.243 e. The molecule has 0 bridgehead atoms. The van der Waals surface area contributed by atoms with E-state index in [9.17, 15) is 8.42 Å². The van der Waals surface area contributed by atoms with E-state index >= 15 is 0 Å². The lowest BCUT2D eigenvalue weighted by molar-refractivity contribution is 0.453. The van der Waals surface area contributed by atoms with Crippen molar-refractivity contribution in [1.82, 2.24) is 4.31 Å². The van der Waals surface area contributed by atoms with Crippen molar-refractivity contribution >= 4 is 15.7 Å². The summed E-state index contributed by atoms with van der Waals surface area (Å²) in [6.45, 7) is 6.43. The minimum absolute atomic E-state index is 0.399. The number of sulfonamides is 1. The summed E-state index contributed by atoms with van der Waals surface area (Å²) in [5.74, 6) is 0.510. The summed E-state index contributed by atoms with van der Waals surface area (Å²) in [6.07, 6.45) is 3.07. The predicted molar refractivity (Wildman–Crippen MR) is 82.4 cm³/mol. The zero-order chi connectivity index (χ0) is 14.6. The van der Waals surface area contributed by atoms with Gasteiger partial charge in [-0.2, -0.15) is 4.31 Å². The van der Waals surface area contributed by atoms with Gasteiger partial charge in [-0.3, -0.25) is 0 Å². The Bertz CT molecular complexity index is 525. The molecule has 1 aliphatic heterocycles. The highest BCUT2D eigenvalue weighted by Crippen LogP contribution is 2.26. The minimum Gasteiger partial charge on any atom is -0.385 e. The Morgan fingerprint density at radius 2 is 1.95 bits per heavy atom. The maximum absolute atomic E-state index is 12.5. The Hall–Kier alpha value is -1.07. The number of hydrogen-bond donors (Lipinski definition) is 1. The lowest BCUT2D eigenvalue weighted by Crippen LogP contribution is -2.28. The molecule has 5 heteroatoms. The molecule has 0 amide bonds. The van der Waals surface area contributed by atoms with Crippen molar-refractivity contribution in [3.05, 3.63) is 24.3 Å². The van der Waals surface area contributed by atoms with E-state index in [2.05, 4.69) is 19.2 Å². The first-order chi connectivity index (χ1) is 9.57. The van der Waals surface area contributed by atoms with Crippen molar-refractivity contribution < 1.29 is 8.42 Å². The second kappa shape index (κ2) is 6.59. The number of benzene rings is 1. The summed E-state index contributed by atoms with van der Waals surface area (Å²) in [5, 5.41) is 3.25. The average molecular weight is 296 g/mol. The fraction of sp³-hybridized carbons (Fsp3) is 0.600. The van der Waals surface area contributed by atoms with Crippen molar-refractivity contribution in [2.24, 2.45) is 5.92 Å². The predicted octanol–water partition coefficient (Wildman–Crippen LogP) is 2.93. The molecule has 0 aromatic heterocycles. The van der Waals surface area contributed by atoms with Crippen LogP contribution in [0.3, 0.4) is 0 Å². The molecule has 112 valence electrons. The fourth-order valence-electron chi connectivity index (χ4n) is 2.51. The molecule has 1 unspecified atom stereocenters. The van der Waals surface area contributed by atoms with Crippen LogP contribution in [0.4, 0.5) is 5.69 Å². The number of anilines is 1. The Morgan fingerprint density at radius 1 is 1.25 bits per heavy atom. The van der Waals surface area contributed by atoms with Gasteiger partial charge < -0.3 is 5.32 Å². The van der Waals surface area contributed by atoms with Crippen LogP contribution in [0.5, 0.6) is 0 Å². The monoisotopic (exact) mass is 296 g/mol. The zero-order valence-corrected chi connectivity index (χ0v) is 13.1. The van der Waals surface area contributed by atoms with Gasteiger partial charge in [-0.25, -0.2) is 8.42 Å². The highest BCUT2D eigenvalue weighted by atomic mass is 32.2. The van der Waals surface area contributed by atoms with Gasteiger partial charge in [0.25, 0.3) is 0 Å². The largest absolute Gasteiger partial charge is 0.385 e. The van der Waals surface area contributed by atoms with Crippen molar-refractivity contribution in [2.75, 3.05) is 25.0 Å². The third-order valence-corrected chi connectivity index (χ3v) is 5.78. The van der Waals surface area contributed by atoms with Gasteiger partial charge >= 0.3 is 0 Å². The van der Waals surface area contributed by atoms with E-state index in [1.807, 2.05) is 12.1 Å². The van der Waals surface area contributed by atoms with Crippen molar-refractivity contribution in [2.45, 2.75) is 38.0 Å². The highest BCUT2D eigenvalue weighted by molar-refractivity contribution is 7.89. The number of hydrogen-bond acceptors (Lipinski definition) is 3. The number of rotatable bonds is 6. The molecule has 1 aliphatic rings. The van der Waals surface area contributed by atoms with Crippen molar-refractivity contribution in [3.8, 4) is 0 Å². The molecule has 1 atom stereocenters.